The Morgan fingerprint density at radius 1 is 1.61 bits per heavy atom. The first-order valence-electron chi connectivity index (χ1n) is 5.55. The van der Waals surface area contributed by atoms with Crippen molar-refractivity contribution in [3.05, 3.63) is 16.7 Å². The molecule has 1 N–H and O–H groups in total. The highest BCUT2D eigenvalue weighted by Crippen LogP contribution is 2.33. The van der Waals surface area contributed by atoms with Crippen molar-refractivity contribution in [2.45, 2.75) is 20.0 Å². The van der Waals surface area contributed by atoms with Gasteiger partial charge in [0.25, 0.3) is 5.91 Å². The average Bonchev–Trinajstić information content (AvgIpc) is 2.31. The Kier molecular flexibility index (Phi) is 3.53. The van der Waals surface area contributed by atoms with Crippen LogP contribution in [0.15, 0.2) is 16.7 Å². The molecule has 1 aromatic heterocycles. The molecule has 2 unspecified atom stereocenters. The van der Waals surface area contributed by atoms with Crippen molar-refractivity contribution in [3.63, 3.8) is 0 Å². The predicted molar refractivity (Wildman–Crippen MR) is 68.9 cm³/mol. The molecule has 2 heterocycles. The first-order chi connectivity index (χ1) is 8.52. The van der Waals surface area contributed by atoms with Crippen LogP contribution in [0.3, 0.4) is 0 Å². The number of amides is 1. The molecule has 0 fully saturated rings. The fourth-order valence-electron chi connectivity index (χ4n) is 1.79. The van der Waals surface area contributed by atoms with Gasteiger partial charge in [-0.3, -0.25) is 4.79 Å². The lowest BCUT2D eigenvalue weighted by molar-refractivity contribution is -0.125. The zero-order valence-corrected chi connectivity index (χ0v) is 11.6. The van der Waals surface area contributed by atoms with Gasteiger partial charge in [0.1, 0.15) is 0 Å². The SMILES string of the molecule is CC(C)C(C#N)C1Oc2cc(Br)cnc2NC1=O. The van der Waals surface area contributed by atoms with Crippen molar-refractivity contribution in [1.29, 1.82) is 5.26 Å². The second kappa shape index (κ2) is 4.94. The molecule has 1 aliphatic rings. The molecule has 6 heteroatoms. The van der Waals surface area contributed by atoms with E-state index in [2.05, 4.69) is 32.3 Å². The highest BCUT2D eigenvalue weighted by Gasteiger charge is 2.37. The molecular formula is C12H12BrN3O2. The molecular weight excluding hydrogens is 298 g/mol. The van der Waals surface area contributed by atoms with E-state index in [0.717, 1.165) is 4.47 Å². The Bertz CT molecular complexity index is 525. The van der Waals surface area contributed by atoms with Gasteiger partial charge in [-0.2, -0.15) is 5.26 Å². The van der Waals surface area contributed by atoms with E-state index in [4.69, 9.17) is 10.00 Å². The number of halogens is 1. The van der Waals surface area contributed by atoms with E-state index < -0.39 is 12.0 Å². The summed E-state index contributed by atoms with van der Waals surface area (Å²) in [5.74, 6) is 0.0943. The monoisotopic (exact) mass is 309 g/mol. The van der Waals surface area contributed by atoms with Gasteiger partial charge in [0, 0.05) is 10.7 Å². The zero-order chi connectivity index (χ0) is 13.3. The van der Waals surface area contributed by atoms with Gasteiger partial charge in [-0.05, 0) is 27.9 Å². The standard InChI is InChI=1S/C12H12BrN3O2/c1-6(2)8(4-14)10-12(17)16-11-9(18-10)3-7(13)5-15-11/h3,5-6,8,10H,1-2H3,(H,15,16,17). The number of nitriles is 1. The molecule has 0 saturated carbocycles. The topological polar surface area (TPSA) is 75.0 Å². The molecule has 1 amide bonds. The van der Waals surface area contributed by atoms with Crippen molar-refractivity contribution < 1.29 is 9.53 Å². The predicted octanol–water partition coefficient (Wildman–Crippen LogP) is 2.34. The number of aromatic nitrogens is 1. The Morgan fingerprint density at radius 3 is 2.94 bits per heavy atom. The number of rotatable bonds is 2. The summed E-state index contributed by atoms with van der Waals surface area (Å²) in [5.41, 5.74) is 0. The van der Waals surface area contributed by atoms with Crippen molar-refractivity contribution >= 4 is 27.7 Å². The smallest absolute Gasteiger partial charge is 0.268 e. The molecule has 1 aromatic rings. The Morgan fingerprint density at radius 2 is 2.33 bits per heavy atom. The van der Waals surface area contributed by atoms with E-state index in [9.17, 15) is 4.79 Å². The van der Waals surface area contributed by atoms with E-state index in [1.54, 1.807) is 12.3 Å². The lowest BCUT2D eigenvalue weighted by atomic mass is 9.90. The first kappa shape index (κ1) is 12.8. The highest BCUT2D eigenvalue weighted by atomic mass is 79.9. The zero-order valence-electron chi connectivity index (χ0n) is 9.98. The molecule has 0 spiro atoms. The molecule has 18 heavy (non-hydrogen) atoms. The minimum Gasteiger partial charge on any atom is -0.475 e. The summed E-state index contributed by atoms with van der Waals surface area (Å²) in [4.78, 5) is 16.0. The number of carbonyl (C=O) groups excluding carboxylic acids is 1. The number of nitrogens with zero attached hydrogens (tertiary/aromatic N) is 2. The van der Waals surface area contributed by atoms with Crippen LogP contribution in [0.1, 0.15) is 13.8 Å². The fraction of sp³-hybridized carbons (Fsp3) is 0.417. The quantitative estimate of drug-likeness (QED) is 0.910. The molecule has 0 aromatic carbocycles. The summed E-state index contributed by atoms with van der Waals surface area (Å²) in [6.07, 6.45) is 0.783. The third-order valence-corrected chi connectivity index (χ3v) is 3.20. The van der Waals surface area contributed by atoms with Crippen molar-refractivity contribution in [3.8, 4) is 11.8 Å². The molecule has 94 valence electrons. The second-order valence-corrected chi connectivity index (χ2v) is 5.34. The number of anilines is 1. The normalized spacial score (nSPS) is 19.5. The van der Waals surface area contributed by atoms with Crippen LogP contribution in [0.25, 0.3) is 0 Å². The number of pyridine rings is 1. The molecule has 0 aliphatic carbocycles. The molecule has 0 radical (unpaired) electrons. The second-order valence-electron chi connectivity index (χ2n) is 4.43. The van der Waals surface area contributed by atoms with Gasteiger partial charge < -0.3 is 10.1 Å². The maximum absolute atomic E-state index is 11.9. The summed E-state index contributed by atoms with van der Waals surface area (Å²) in [5, 5.41) is 11.8. The molecule has 0 saturated heterocycles. The Hall–Kier alpha value is -1.61. The minimum atomic E-state index is -0.793. The van der Waals surface area contributed by atoms with Crippen LogP contribution in [0.2, 0.25) is 0 Å². The van der Waals surface area contributed by atoms with E-state index >= 15 is 0 Å². The van der Waals surface area contributed by atoms with Crippen LogP contribution in [0, 0.1) is 23.2 Å². The lowest BCUT2D eigenvalue weighted by Crippen LogP contribution is -2.44. The average molecular weight is 310 g/mol. The van der Waals surface area contributed by atoms with E-state index in [1.807, 2.05) is 13.8 Å². The molecule has 5 nitrogen and oxygen atoms in total. The lowest BCUT2D eigenvalue weighted by Gasteiger charge is -2.29. The van der Waals surface area contributed by atoms with E-state index in [1.165, 1.54) is 0 Å². The minimum absolute atomic E-state index is 0.0346. The van der Waals surface area contributed by atoms with Crippen LogP contribution in [0.4, 0.5) is 5.82 Å². The summed E-state index contributed by atoms with van der Waals surface area (Å²) < 4.78 is 6.37. The van der Waals surface area contributed by atoms with Gasteiger partial charge in [0.2, 0.25) is 0 Å². The van der Waals surface area contributed by atoms with Gasteiger partial charge in [-0.1, -0.05) is 13.8 Å². The molecule has 0 bridgehead atoms. The maximum atomic E-state index is 11.9. The molecule has 2 atom stereocenters. The first-order valence-corrected chi connectivity index (χ1v) is 6.35. The van der Waals surface area contributed by atoms with Crippen LogP contribution >= 0.6 is 15.9 Å². The summed E-state index contributed by atoms with van der Waals surface area (Å²) >= 11 is 3.29. The van der Waals surface area contributed by atoms with Crippen LogP contribution < -0.4 is 10.1 Å². The van der Waals surface area contributed by atoms with E-state index in [-0.39, 0.29) is 11.8 Å². The third kappa shape index (κ3) is 2.31. The van der Waals surface area contributed by atoms with Crippen molar-refractivity contribution in [2.24, 2.45) is 11.8 Å². The number of hydrogen-bond donors (Lipinski definition) is 1. The van der Waals surface area contributed by atoms with E-state index in [0.29, 0.717) is 11.6 Å². The third-order valence-electron chi connectivity index (χ3n) is 2.77. The highest BCUT2D eigenvalue weighted by molar-refractivity contribution is 9.10. The van der Waals surface area contributed by atoms with Crippen LogP contribution in [-0.2, 0) is 4.79 Å². The molecule has 2 rings (SSSR count). The Balaban J connectivity index is 2.32. The number of hydrogen-bond acceptors (Lipinski definition) is 4. The number of ether oxygens (including phenoxy) is 1. The van der Waals surface area contributed by atoms with Gasteiger partial charge >= 0.3 is 0 Å². The van der Waals surface area contributed by atoms with Gasteiger partial charge in [-0.15, -0.1) is 0 Å². The number of carbonyl (C=O) groups is 1. The van der Waals surface area contributed by atoms with Gasteiger partial charge in [-0.25, -0.2) is 4.98 Å². The van der Waals surface area contributed by atoms with Crippen LogP contribution in [0.5, 0.6) is 5.75 Å². The van der Waals surface area contributed by atoms with Gasteiger partial charge in [0.05, 0.1) is 12.0 Å². The summed E-state index contributed by atoms with van der Waals surface area (Å²) in [6.45, 7) is 3.78. The number of nitrogens with one attached hydrogen (secondary N) is 1. The maximum Gasteiger partial charge on any atom is 0.268 e. The largest absolute Gasteiger partial charge is 0.475 e. The Labute approximate surface area is 113 Å². The number of fused-ring (bicyclic) bond motifs is 1. The summed E-state index contributed by atoms with van der Waals surface area (Å²) in [6, 6.07) is 3.85. The van der Waals surface area contributed by atoms with Crippen molar-refractivity contribution in [2.75, 3.05) is 5.32 Å². The fourth-order valence-corrected chi connectivity index (χ4v) is 2.10. The van der Waals surface area contributed by atoms with Crippen LogP contribution in [-0.4, -0.2) is 17.0 Å². The van der Waals surface area contributed by atoms with Crippen molar-refractivity contribution in [1.82, 2.24) is 4.98 Å². The van der Waals surface area contributed by atoms with Gasteiger partial charge in [0.15, 0.2) is 17.7 Å². The molecule has 1 aliphatic heterocycles. The summed E-state index contributed by atoms with van der Waals surface area (Å²) in [7, 11) is 0.